The average Bonchev–Trinajstić information content (AvgIpc) is 3.35. The van der Waals surface area contributed by atoms with Gasteiger partial charge >= 0.3 is 0 Å². The molecule has 2 atom stereocenters. The van der Waals surface area contributed by atoms with Crippen molar-refractivity contribution >= 4 is 17.2 Å². The van der Waals surface area contributed by atoms with Crippen molar-refractivity contribution in [3.63, 3.8) is 0 Å². The lowest BCUT2D eigenvalue weighted by atomic mass is 10.1. The van der Waals surface area contributed by atoms with E-state index in [1.165, 1.54) is 5.56 Å². The maximum Gasteiger partial charge on any atom is 0.224 e. The minimum atomic E-state index is 0.121. The molecular formula is C19H23N3O2S. The Morgan fingerprint density at radius 3 is 2.88 bits per heavy atom. The molecule has 1 aromatic carbocycles. The van der Waals surface area contributed by atoms with Crippen molar-refractivity contribution in [1.29, 1.82) is 0 Å². The van der Waals surface area contributed by atoms with Crippen molar-refractivity contribution in [3.05, 3.63) is 52.0 Å². The first-order chi connectivity index (χ1) is 12.3. The summed E-state index contributed by atoms with van der Waals surface area (Å²) in [4.78, 5) is 19.3. The second-order valence-electron chi connectivity index (χ2n) is 6.70. The third kappa shape index (κ3) is 4.26. The number of hydrogen-bond donors (Lipinski definition) is 1. The van der Waals surface area contributed by atoms with Gasteiger partial charge in [-0.1, -0.05) is 30.3 Å². The van der Waals surface area contributed by atoms with Gasteiger partial charge in [0.1, 0.15) is 5.01 Å². The zero-order chi connectivity index (χ0) is 17.1. The van der Waals surface area contributed by atoms with Crippen LogP contribution in [0.1, 0.15) is 28.6 Å². The number of ether oxygens (including phenoxy) is 1. The van der Waals surface area contributed by atoms with Gasteiger partial charge in [-0.15, -0.1) is 11.3 Å². The van der Waals surface area contributed by atoms with E-state index < -0.39 is 0 Å². The van der Waals surface area contributed by atoms with Gasteiger partial charge in [-0.05, 0) is 17.9 Å². The number of carbonyl (C=O) groups is 1. The van der Waals surface area contributed by atoms with E-state index in [2.05, 4.69) is 32.7 Å². The molecule has 2 fully saturated rings. The van der Waals surface area contributed by atoms with Crippen LogP contribution in [-0.2, 0) is 22.6 Å². The van der Waals surface area contributed by atoms with Gasteiger partial charge in [0, 0.05) is 30.9 Å². The van der Waals surface area contributed by atoms with E-state index in [9.17, 15) is 4.79 Å². The smallest absolute Gasteiger partial charge is 0.224 e. The van der Waals surface area contributed by atoms with Gasteiger partial charge in [0.2, 0.25) is 5.91 Å². The van der Waals surface area contributed by atoms with Crippen LogP contribution in [0.3, 0.4) is 0 Å². The van der Waals surface area contributed by atoms with Gasteiger partial charge in [0.15, 0.2) is 0 Å². The molecule has 1 aromatic heterocycles. The van der Waals surface area contributed by atoms with Crippen LogP contribution in [0.5, 0.6) is 0 Å². The maximum atomic E-state index is 12.3. The fourth-order valence-electron chi connectivity index (χ4n) is 3.34. The molecule has 2 heterocycles. The normalized spacial score (nSPS) is 23.4. The molecule has 2 aliphatic rings. The molecule has 1 N–H and O–H groups in total. The predicted octanol–water partition coefficient (Wildman–Crippen LogP) is 2.40. The fourth-order valence-corrected chi connectivity index (χ4v) is 4.06. The third-order valence-corrected chi connectivity index (χ3v) is 5.76. The molecule has 1 saturated heterocycles. The van der Waals surface area contributed by atoms with Gasteiger partial charge in [-0.2, -0.15) is 0 Å². The number of thiazole rings is 1. The molecule has 0 radical (unpaired) electrons. The lowest BCUT2D eigenvalue weighted by Gasteiger charge is -2.25. The number of morpholine rings is 1. The van der Waals surface area contributed by atoms with Crippen molar-refractivity contribution in [2.75, 3.05) is 26.3 Å². The molecule has 5 nitrogen and oxygen atoms in total. The SMILES string of the molecule is O=C(NCc1nc(CN2CCOCC2)cs1)C1CC1c1ccccc1. The molecule has 4 rings (SSSR count). The van der Waals surface area contributed by atoms with E-state index in [0.29, 0.717) is 12.5 Å². The summed E-state index contributed by atoms with van der Waals surface area (Å²) in [5.74, 6) is 0.656. The Hall–Kier alpha value is -1.76. The zero-order valence-corrected chi connectivity index (χ0v) is 15.0. The first-order valence-corrected chi connectivity index (χ1v) is 9.73. The maximum absolute atomic E-state index is 12.3. The molecule has 1 saturated carbocycles. The molecule has 2 aromatic rings. The van der Waals surface area contributed by atoms with Crippen LogP contribution in [0.15, 0.2) is 35.7 Å². The Morgan fingerprint density at radius 2 is 2.08 bits per heavy atom. The van der Waals surface area contributed by atoms with E-state index in [-0.39, 0.29) is 11.8 Å². The molecule has 1 aliphatic carbocycles. The van der Waals surface area contributed by atoms with Gasteiger partial charge < -0.3 is 10.1 Å². The van der Waals surface area contributed by atoms with E-state index in [1.54, 1.807) is 11.3 Å². The van der Waals surface area contributed by atoms with Crippen molar-refractivity contribution in [3.8, 4) is 0 Å². The quantitative estimate of drug-likeness (QED) is 0.863. The van der Waals surface area contributed by atoms with E-state index in [1.807, 2.05) is 18.2 Å². The second kappa shape index (κ2) is 7.64. The molecule has 0 bridgehead atoms. The number of nitrogens with zero attached hydrogens (tertiary/aromatic N) is 2. The molecule has 25 heavy (non-hydrogen) atoms. The number of benzene rings is 1. The zero-order valence-electron chi connectivity index (χ0n) is 14.2. The Morgan fingerprint density at radius 1 is 1.28 bits per heavy atom. The molecule has 132 valence electrons. The number of nitrogens with one attached hydrogen (secondary N) is 1. The van der Waals surface area contributed by atoms with Crippen LogP contribution in [0.4, 0.5) is 0 Å². The molecule has 1 amide bonds. The summed E-state index contributed by atoms with van der Waals surface area (Å²) >= 11 is 1.63. The lowest BCUT2D eigenvalue weighted by Crippen LogP contribution is -2.35. The van der Waals surface area contributed by atoms with Crippen LogP contribution >= 0.6 is 11.3 Å². The van der Waals surface area contributed by atoms with Crippen molar-refractivity contribution in [2.24, 2.45) is 5.92 Å². The molecule has 1 aliphatic heterocycles. The Labute approximate surface area is 152 Å². The highest BCUT2D eigenvalue weighted by molar-refractivity contribution is 7.09. The van der Waals surface area contributed by atoms with Crippen LogP contribution in [0.2, 0.25) is 0 Å². The van der Waals surface area contributed by atoms with Crippen LogP contribution in [0.25, 0.3) is 0 Å². The highest BCUT2D eigenvalue weighted by Gasteiger charge is 2.43. The highest BCUT2D eigenvalue weighted by atomic mass is 32.1. The van der Waals surface area contributed by atoms with Gasteiger partial charge in [0.25, 0.3) is 0 Å². The van der Waals surface area contributed by atoms with Gasteiger partial charge in [-0.3, -0.25) is 9.69 Å². The third-order valence-electron chi connectivity index (χ3n) is 4.86. The first kappa shape index (κ1) is 16.7. The summed E-state index contributed by atoms with van der Waals surface area (Å²) in [5, 5.41) is 6.13. The summed E-state index contributed by atoms with van der Waals surface area (Å²) in [6.45, 7) is 4.93. The number of aromatic nitrogens is 1. The highest BCUT2D eigenvalue weighted by Crippen LogP contribution is 2.47. The van der Waals surface area contributed by atoms with Crippen molar-refractivity contribution < 1.29 is 9.53 Å². The van der Waals surface area contributed by atoms with E-state index in [0.717, 1.165) is 50.0 Å². The van der Waals surface area contributed by atoms with Crippen LogP contribution < -0.4 is 5.32 Å². The van der Waals surface area contributed by atoms with Gasteiger partial charge in [-0.25, -0.2) is 4.98 Å². The largest absolute Gasteiger partial charge is 0.379 e. The van der Waals surface area contributed by atoms with E-state index in [4.69, 9.17) is 4.74 Å². The molecule has 6 heteroatoms. The minimum absolute atomic E-state index is 0.121. The Kier molecular flexibility index (Phi) is 5.10. The summed E-state index contributed by atoms with van der Waals surface area (Å²) in [6, 6.07) is 10.3. The predicted molar refractivity (Wildman–Crippen MR) is 97.3 cm³/mol. The molecule has 0 spiro atoms. The number of hydrogen-bond acceptors (Lipinski definition) is 5. The summed E-state index contributed by atoms with van der Waals surface area (Å²) < 4.78 is 5.37. The van der Waals surface area contributed by atoms with E-state index >= 15 is 0 Å². The number of carbonyl (C=O) groups excluding carboxylic acids is 1. The molecular weight excluding hydrogens is 334 g/mol. The van der Waals surface area contributed by atoms with Crippen LogP contribution in [0, 0.1) is 5.92 Å². The summed E-state index contributed by atoms with van der Waals surface area (Å²) in [7, 11) is 0. The standard InChI is InChI=1S/C19H23N3O2S/c23-19(17-10-16(17)14-4-2-1-3-5-14)20-11-18-21-15(13-25-18)12-22-6-8-24-9-7-22/h1-5,13,16-17H,6-12H2,(H,20,23). The van der Waals surface area contributed by atoms with Crippen molar-refractivity contribution in [2.45, 2.75) is 25.4 Å². The van der Waals surface area contributed by atoms with Crippen LogP contribution in [-0.4, -0.2) is 42.1 Å². The van der Waals surface area contributed by atoms with Gasteiger partial charge in [0.05, 0.1) is 25.5 Å². The fraction of sp³-hybridized carbons (Fsp3) is 0.474. The van der Waals surface area contributed by atoms with Crippen molar-refractivity contribution in [1.82, 2.24) is 15.2 Å². The second-order valence-corrected chi connectivity index (χ2v) is 7.64. The Balaban J connectivity index is 1.24. The lowest BCUT2D eigenvalue weighted by molar-refractivity contribution is -0.122. The summed E-state index contributed by atoms with van der Waals surface area (Å²) in [5.41, 5.74) is 2.36. The summed E-state index contributed by atoms with van der Waals surface area (Å²) in [6.07, 6.45) is 0.954. The minimum Gasteiger partial charge on any atom is -0.379 e. The molecule has 2 unspecified atom stereocenters. The average molecular weight is 357 g/mol. The first-order valence-electron chi connectivity index (χ1n) is 8.85. The number of rotatable bonds is 6. The Bertz CT molecular complexity index is 712. The monoisotopic (exact) mass is 357 g/mol. The topological polar surface area (TPSA) is 54.5 Å². The number of amides is 1.